The number of nitrogens with zero attached hydrogens (tertiary/aromatic N) is 3. The monoisotopic (exact) mass is 519 g/mol. The SMILES string of the molecule is CC(C)C(c1ccc(Cl)cc1)N1CCN(C(=O)CC2CCN(C(=O)OC(C)(C)C)CC2)[C@@H](C(C)C)C1. The van der Waals surface area contributed by atoms with Crippen LogP contribution in [0.4, 0.5) is 4.79 Å². The molecule has 0 radical (unpaired) electrons. The van der Waals surface area contributed by atoms with Crippen molar-refractivity contribution >= 4 is 23.6 Å². The van der Waals surface area contributed by atoms with Gasteiger partial charge < -0.3 is 14.5 Å². The zero-order valence-electron chi connectivity index (χ0n) is 23.3. The number of piperazine rings is 1. The molecule has 6 nitrogen and oxygen atoms in total. The van der Waals surface area contributed by atoms with E-state index in [0.29, 0.717) is 43.3 Å². The highest BCUT2D eigenvalue weighted by molar-refractivity contribution is 6.30. The van der Waals surface area contributed by atoms with Crippen molar-refractivity contribution in [3.8, 4) is 0 Å². The van der Waals surface area contributed by atoms with Crippen molar-refractivity contribution in [1.29, 1.82) is 0 Å². The number of piperidine rings is 1. The molecule has 0 bridgehead atoms. The van der Waals surface area contributed by atoms with E-state index in [2.05, 4.69) is 49.6 Å². The Morgan fingerprint density at radius 3 is 2.14 bits per heavy atom. The zero-order chi connectivity index (χ0) is 26.6. The van der Waals surface area contributed by atoms with Gasteiger partial charge >= 0.3 is 6.09 Å². The summed E-state index contributed by atoms with van der Waals surface area (Å²) in [4.78, 5) is 32.3. The summed E-state index contributed by atoms with van der Waals surface area (Å²) in [6.45, 7) is 18.5. The minimum atomic E-state index is -0.486. The summed E-state index contributed by atoms with van der Waals surface area (Å²) in [7, 11) is 0. The third kappa shape index (κ3) is 7.61. The molecule has 0 aliphatic carbocycles. The van der Waals surface area contributed by atoms with Crippen LogP contribution in [0.1, 0.15) is 79.3 Å². The number of hydrogen-bond donors (Lipinski definition) is 0. The summed E-state index contributed by atoms with van der Waals surface area (Å²) < 4.78 is 5.51. The van der Waals surface area contributed by atoms with E-state index in [1.165, 1.54) is 5.56 Å². The van der Waals surface area contributed by atoms with E-state index < -0.39 is 5.60 Å². The molecule has 2 aliphatic heterocycles. The highest BCUT2D eigenvalue weighted by Crippen LogP contribution is 2.33. The molecule has 2 fully saturated rings. The van der Waals surface area contributed by atoms with Crippen LogP contribution in [0.3, 0.4) is 0 Å². The van der Waals surface area contributed by atoms with Crippen LogP contribution in [0.15, 0.2) is 24.3 Å². The van der Waals surface area contributed by atoms with E-state index in [4.69, 9.17) is 16.3 Å². The highest BCUT2D eigenvalue weighted by atomic mass is 35.5. The van der Waals surface area contributed by atoms with Crippen molar-refractivity contribution < 1.29 is 14.3 Å². The smallest absolute Gasteiger partial charge is 0.410 e. The summed E-state index contributed by atoms with van der Waals surface area (Å²) >= 11 is 6.15. The lowest BCUT2D eigenvalue weighted by Gasteiger charge is -2.47. The van der Waals surface area contributed by atoms with Crippen LogP contribution in [0.25, 0.3) is 0 Å². The number of carbonyl (C=O) groups excluding carboxylic acids is 2. The van der Waals surface area contributed by atoms with E-state index in [1.54, 1.807) is 4.90 Å². The Hall–Kier alpha value is -1.79. The molecule has 202 valence electrons. The predicted molar refractivity (Wildman–Crippen MR) is 146 cm³/mol. The van der Waals surface area contributed by atoms with E-state index >= 15 is 0 Å². The second kappa shape index (κ2) is 12.2. The Balaban J connectivity index is 1.59. The molecule has 0 spiro atoms. The van der Waals surface area contributed by atoms with E-state index in [0.717, 1.165) is 37.5 Å². The Bertz CT molecular complexity index is 873. The molecule has 0 N–H and O–H groups in total. The number of benzene rings is 1. The van der Waals surface area contributed by atoms with Gasteiger partial charge in [0.1, 0.15) is 5.60 Å². The van der Waals surface area contributed by atoms with Crippen LogP contribution < -0.4 is 0 Å². The Morgan fingerprint density at radius 2 is 1.61 bits per heavy atom. The summed E-state index contributed by atoms with van der Waals surface area (Å²) in [5, 5.41) is 0.758. The molecule has 2 atom stereocenters. The molecular formula is C29H46ClN3O3. The summed E-state index contributed by atoms with van der Waals surface area (Å²) in [5.41, 5.74) is 0.800. The first-order valence-corrected chi connectivity index (χ1v) is 14.0. The second-order valence-electron chi connectivity index (χ2n) is 12.2. The van der Waals surface area contributed by atoms with Crippen LogP contribution in [-0.4, -0.2) is 71.1 Å². The Morgan fingerprint density at radius 1 is 1.00 bits per heavy atom. The third-order valence-corrected chi connectivity index (χ3v) is 7.76. The lowest BCUT2D eigenvalue weighted by Crippen LogP contribution is -2.58. The number of hydrogen-bond acceptors (Lipinski definition) is 4. The highest BCUT2D eigenvalue weighted by Gasteiger charge is 2.37. The van der Waals surface area contributed by atoms with Gasteiger partial charge in [0, 0.05) is 56.3 Å². The number of rotatable bonds is 6. The van der Waals surface area contributed by atoms with Gasteiger partial charge in [0.05, 0.1) is 0 Å². The lowest BCUT2D eigenvalue weighted by atomic mass is 9.89. The zero-order valence-corrected chi connectivity index (χ0v) is 24.1. The minimum absolute atomic E-state index is 0.196. The molecule has 3 rings (SSSR count). The number of carbonyl (C=O) groups is 2. The van der Waals surface area contributed by atoms with Crippen molar-refractivity contribution in [1.82, 2.24) is 14.7 Å². The maximum Gasteiger partial charge on any atom is 0.410 e. The van der Waals surface area contributed by atoms with Crippen LogP contribution in [0.5, 0.6) is 0 Å². The Labute approximate surface area is 223 Å². The van der Waals surface area contributed by atoms with Gasteiger partial charge in [-0.25, -0.2) is 4.79 Å². The normalized spacial score (nSPS) is 21.2. The molecule has 36 heavy (non-hydrogen) atoms. The van der Waals surface area contributed by atoms with Gasteiger partial charge in [0.25, 0.3) is 0 Å². The van der Waals surface area contributed by atoms with Crippen LogP contribution >= 0.6 is 11.6 Å². The first-order valence-electron chi connectivity index (χ1n) is 13.6. The van der Waals surface area contributed by atoms with Gasteiger partial charge in [-0.2, -0.15) is 0 Å². The Kier molecular flexibility index (Phi) is 9.73. The molecule has 2 aliphatic rings. The second-order valence-corrected chi connectivity index (χ2v) is 12.7. The van der Waals surface area contributed by atoms with E-state index in [-0.39, 0.29) is 18.0 Å². The van der Waals surface area contributed by atoms with Crippen molar-refractivity contribution in [3.63, 3.8) is 0 Å². The molecule has 7 heteroatoms. The average Bonchev–Trinajstić information content (AvgIpc) is 2.79. The number of ether oxygens (including phenoxy) is 1. The lowest BCUT2D eigenvalue weighted by molar-refractivity contribution is -0.139. The van der Waals surface area contributed by atoms with Gasteiger partial charge in [-0.3, -0.25) is 9.69 Å². The van der Waals surface area contributed by atoms with E-state index in [1.807, 2.05) is 32.9 Å². The van der Waals surface area contributed by atoms with Gasteiger partial charge in [-0.15, -0.1) is 0 Å². The molecule has 1 unspecified atom stereocenters. The summed E-state index contributed by atoms with van der Waals surface area (Å²) in [5.74, 6) is 1.41. The molecule has 0 saturated carbocycles. The van der Waals surface area contributed by atoms with Crippen LogP contribution in [0.2, 0.25) is 5.02 Å². The standard InChI is InChI=1S/C29H46ClN3O3/c1-20(2)25-19-32(27(21(3)4)23-8-10-24(30)11-9-23)16-17-33(25)26(34)18-22-12-14-31(15-13-22)28(35)36-29(5,6)7/h8-11,20-22,25,27H,12-19H2,1-7H3/t25-,27?/m1/s1. The third-order valence-electron chi connectivity index (χ3n) is 7.51. The summed E-state index contributed by atoms with van der Waals surface area (Å²) in [6, 6.07) is 8.72. The first kappa shape index (κ1) is 28.8. The predicted octanol–water partition coefficient (Wildman–Crippen LogP) is 6.24. The molecule has 1 aromatic rings. The number of likely N-dealkylation sites (tertiary alicyclic amines) is 1. The fourth-order valence-corrected chi connectivity index (χ4v) is 5.78. The number of amides is 2. The molecule has 0 aromatic heterocycles. The molecule has 2 amide bonds. The topological polar surface area (TPSA) is 53.1 Å². The molecule has 1 aromatic carbocycles. The fraction of sp³-hybridized carbons (Fsp3) is 0.724. The van der Waals surface area contributed by atoms with Crippen molar-refractivity contribution in [2.24, 2.45) is 17.8 Å². The largest absolute Gasteiger partial charge is 0.444 e. The van der Waals surface area contributed by atoms with Crippen LogP contribution in [0, 0.1) is 17.8 Å². The summed E-state index contributed by atoms with van der Waals surface area (Å²) in [6.07, 6.45) is 2.02. The maximum atomic E-state index is 13.5. The van der Waals surface area contributed by atoms with Gasteiger partial charge in [0.2, 0.25) is 5.91 Å². The quantitative estimate of drug-likeness (QED) is 0.446. The number of halogens is 1. The van der Waals surface area contributed by atoms with Crippen molar-refractivity contribution in [2.75, 3.05) is 32.7 Å². The molecule has 2 heterocycles. The minimum Gasteiger partial charge on any atom is -0.444 e. The first-order chi connectivity index (χ1) is 16.9. The van der Waals surface area contributed by atoms with Gasteiger partial charge in [-0.1, -0.05) is 51.4 Å². The van der Waals surface area contributed by atoms with Gasteiger partial charge in [0.15, 0.2) is 0 Å². The van der Waals surface area contributed by atoms with Crippen LogP contribution in [-0.2, 0) is 9.53 Å². The van der Waals surface area contributed by atoms with E-state index in [9.17, 15) is 9.59 Å². The van der Waals surface area contributed by atoms with Crippen molar-refractivity contribution in [3.05, 3.63) is 34.9 Å². The fourth-order valence-electron chi connectivity index (χ4n) is 5.65. The maximum absolute atomic E-state index is 13.5. The van der Waals surface area contributed by atoms with Gasteiger partial charge in [-0.05, 0) is 69.1 Å². The molecular weight excluding hydrogens is 474 g/mol. The average molecular weight is 520 g/mol. The van der Waals surface area contributed by atoms with Crippen molar-refractivity contribution in [2.45, 2.75) is 85.4 Å². The molecule has 2 saturated heterocycles.